The van der Waals surface area contributed by atoms with Gasteiger partial charge in [-0.1, -0.05) is 29.3 Å². The Labute approximate surface area is 153 Å². The summed E-state index contributed by atoms with van der Waals surface area (Å²) in [5.41, 5.74) is 6.52. The molecule has 0 saturated heterocycles. The number of nitrogens with one attached hydrogen (secondary N) is 1. The highest BCUT2D eigenvalue weighted by molar-refractivity contribution is 6.39. The van der Waals surface area contributed by atoms with Gasteiger partial charge in [0.1, 0.15) is 18.0 Å². The number of benzene rings is 1. The number of pyridine rings is 1. The summed E-state index contributed by atoms with van der Waals surface area (Å²) < 4.78 is 0. The van der Waals surface area contributed by atoms with Crippen molar-refractivity contribution in [1.29, 1.82) is 0 Å². The molecule has 3 N–H and O–H groups in total. The van der Waals surface area contributed by atoms with Gasteiger partial charge in [-0.3, -0.25) is 4.79 Å². The quantitative estimate of drug-likeness (QED) is 0.726. The molecule has 0 atom stereocenters. The maximum absolute atomic E-state index is 12.3. The number of anilines is 3. The predicted octanol–water partition coefficient (Wildman–Crippen LogP) is 2.99. The third-order valence-electron chi connectivity index (χ3n) is 3.47. The first-order valence-corrected chi connectivity index (χ1v) is 8.03. The van der Waals surface area contributed by atoms with Gasteiger partial charge in [0.25, 0.3) is 0 Å². The normalized spacial score (nSPS) is 10.7. The molecule has 9 heteroatoms. The Morgan fingerprint density at radius 3 is 2.64 bits per heavy atom. The monoisotopic (exact) mass is 376 g/mol. The molecular weight excluding hydrogens is 363 g/mol. The van der Waals surface area contributed by atoms with Crippen LogP contribution in [0.3, 0.4) is 0 Å². The molecule has 0 fully saturated rings. The van der Waals surface area contributed by atoms with E-state index >= 15 is 0 Å². The number of halogens is 2. The molecule has 2 aromatic heterocycles. The molecule has 3 rings (SSSR count). The molecular formula is C16H14Cl2N6O. The summed E-state index contributed by atoms with van der Waals surface area (Å²) in [4.78, 5) is 26.5. The number of nitrogens with zero attached hydrogens (tertiary/aromatic N) is 4. The lowest BCUT2D eigenvalue weighted by atomic mass is 10.3. The summed E-state index contributed by atoms with van der Waals surface area (Å²) in [6.45, 7) is 0.0397. The largest absolute Gasteiger partial charge is 0.384 e. The molecule has 25 heavy (non-hydrogen) atoms. The Balaban J connectivity index is 1.80. The van der Waals surface area contributed by atoms with E-state index in [1.807, 2.05) is 0 Å². The molecule has 7 nitrogen and oxygen atoms in total. The molecule has 1 aromatic carbocycles. The van der Waals surface area contributed by atoms with E-state index in [1.54, 1.807) is 42.3 Å². The van der Waals surface area contributed by atoms with Crippen molar-refractivity contribution in [3.8, 4) is 0 Å². The Bertz CT molecular complexity index is 929. The van der Waals surface area contributed by atoms with Crippen LogP contribution in [0.15, 0.2) is 36.7 Å². The standard InChI is InChI=1S/C16H14Cl2N6O/c1-24(7-13(25)23-14-10(17)3-2-4-11(14)18)16-9-5-6-12(19)22-15(9)20-8-21-16/h2-6,8H,7H2,1H3,(H,23,25)(H2,19,20,21,22). The predicted molar refractivity (Wildman–Crippen MR) is 100 cm³/mol. The lowest BCUT2D eigenvalue weighted by Gasteiger charge is -2.19. The number of nitrogens with two attached hydrogens (primary N) is 1. The lowest BCUT2D eigenvalue weighted by Crippen LogP contribution is -2.31. The van der Waals surface area contributed by atoms with Crippen LogP contribution in [0.5, 0.6) is 0 Å². The van der Waals surface area contributed by atoms with Crippen molar-refractivity contribution in [2.75, 3.05) is 29.5 Å². The van der Waals surface area contributed by atoms with E-state index in [9.17, 15) is 4.79 Å². The zero-order valence-electron chi connectivity index (χ0n) is 13.2. The van der Waals surface area contributed by atoms with Crippen LogP contribution in [-0.2, 0) is 4.79 Å². The Morgan fingerprint density at radius 1 is 1.20 bits per heavy atom. The molecule has 0 aliphatic rings. The maximum atomic E-state index is 12.3. The maximum Gasteiger partial charge on any atom is 0.244 e. The second kappa shape index (κ2) is 7.08. The molecule has 0 radical (unpaired) electrons. The van der Waals surface area contributed by atoms with Crippen LogP contribution in [0.2, 0.25) is 10.0 Å². The summed E-state index contributed by atoms with van der Waals surface area (Å²) >= 11 is 12.1. The Kier molecular flexibility index (Phi) is 4.87. The van der Waals surface area contributed by atoms with Gasteiger partial charge in [-0.15, -0.1) is 0 Å². The molecule has 0 bridgehead atoms. The molecule has 128 valence electrons. The van der Waals surface area contributed by atoms with Gasteiger partial charge in [-0.2, -0.15) is 0 Å². The van der Waals surface area contributed by atoms with Crippen LogP contribution < -0.4 is 16.0 Å². The minimum absolute atomic E-state index is 0.0397. The van der Waals surface area contributed by atoms with Gasteiger partial charge in [0.15, 0.2) is 5.65 Å². The van der Waals surface area contributed by atoms with Gasteiger partial charge in [0.05, 0.1) is 27.7 Å². The second-order valence-electron chi connectivity index (χ2n) is 5.31. The number of rotatable bonds is 4. The van der Waals surface area contributed by atoms with Crippen LogP contribution in [0.4, 0.5) is 17.3 Å². The fourth-order valence-corrected chi connectivity index (χ4v) is 2.83. The van der Waals surface area contributed by atoms with Crippen molar-refractivity contribution in [3.63, 3.8) is 0 Å². The van der Waals surface area contributed by atoms with Crippen molar-refractivity contribution in [2.45, 2.75) is 0 Å². The number of likely N-dealkylation sites (N-methyl/N-ethyl adjacent to an activating group) is 1. The number of para-hydroxylation sites is 1. The van der Waals surface area contributed by atoms with E-state index in [4.69, 9.17) is 28.9 Å². The molecule has 0 spiro atoms. The van der Waals surface area contributed by atoms with E-state index < -0.39 is 0 Å². The van der Waals surface area contributed by atoms with Gasteiger partial charge in [-0.05, 0) is 24.3 Å². The third-order valence-corrected chi connectivity index (χ3v) is 4.10. The fraction of sp³-hybridized carbons (Fsp3) is 0.125. The minimum atomic E-state index is -0.285. The van der Waals surface area contributed by atoms with E-state index in [0.29, 0.717) is 38.4 Å². The van der Waals surface area contributed by atoms with Crippen molar-refractivity contribution in [2.24, 2.45) is 0 Å². The smallest absolute Gasteiger partial charge is 0.244 e. The molecule has 2 heterocycles. The first-order chi connectivity index (χ1) is 12.0. The summed E-state index contributed by atoms with van der Waals surface area (Å²) in [5.74, 6) is 0.650. The van der Waals surface area contributed by atoms with Crippen LogP contribution in [0, 0.1) is 0 Å². The summed E-state index contributed by atoms with van der Waals surface area (Å²) in [5, 5.41) is 4.15. The summed E-state index contributed by atoms with van der Waals surface area (Å²) in [7, 11) is 1.74. The highest BCUT2D eigenvalue weighted by Crippen LogP contribution is 2.30. The zero-order valence-corrected chi connectivity index (χ0v) is 14.7. The van der Waals surface area contributed by atoms with Crippen molar-refractivity contribution in [1.82, 2.24) is 15.0 Å². The highest BCUT2D eigenvalue weighted by Gasteiger charge is 2.15. The number of fused-ring (bicyclic) bond motifs is 1. The first kappa shape index (κ1) is 17.2. The van der Waals surface area contributed by atoms with E-state index in [2.05, 4.69) is 20.3 Å². The second-order valence-corrected chi connectivity index (χ2v) is 6.12. The van der Waals surface area contributed by atoms with E-state index in [-0.39, 0.29) is 12.5 Å². The van der Waals surface area contributed by atoms with Gasteiger partial charge in [0, 0.05) is 7.05 Å². The minimum Gasteiger partial charge on any atom is -0.384 e. The fourth-order valence-electron chi connectivity index (χ4n) is 2.33. The average molecular weight is 377 g/mol. The van der Waals surface area contributed by atoms with Crippen LogP contribution in [-0.4, -0.2) is 34.5 Å². The number of carbonyl (C=O) groups is 1. The van der Waals surface area contributed by atoms with E-state index in [1.165, 1.54) is 6.33 Å². The highest BCUT2D eigenvalue weighted by atomic mass is 35.5. The molecule has 3 aromatic rings. The van der Waals surface area contributed by atoms with Gasteiger partial charge >= 0.3 is 0 Å². The van der Waals surface area contributed by atoms with E-state index in [0.717, 1.165) is 0 Å². The Morgan fingerprint density at radius 2 is 1.92 bits per heavy atom. The third kappa shape index (κ3) is 3.72. The molecule has 0 aliphatic carbocycles. The number of amides is 1. The number of hydrogen-bond acceptors (Lipinski definition) is 6. The van der Waals surface area contributed by atoms with Gasteiger partial charge < -0.3 is 16.0 Å². The van der Waals surface area contributed by atoms with Crippen LogP contribution in [0.25, 0.3) is 11.0 Å². The number of nitrogen functional groups attached to an aromatic ring is 1. The SMILES string of the molecule is CN(CC(=O)Nc1c(Cl)cccc1Cl)c1ncnc2nc(N)ccc12. The van der Waals surface area contributed by atoms with Gasteiger partial charge in [-0.25, -0.2) is 15.0 Å². The zero-order chi connectivity index (χ0) is 18.0. The van der Waals surface area contributed by atoms with Crippen molar-refractivity contribution < 1.29 is 4.79 Å². The topological polar surface area (TPSA) is 97.0 Å². The number of aromatic nitrogens is 3. The number of carbonyl (C=O) groups excluding carboxylic acids is 1. The van der Waals surface area contributed by atoms with Crippen molar-refractivity contribution >= 4 is 57.5 Å². The number of hydrogen-bond donors (Lipinski definition) is 2. The van der Waals surface area contributed by atoms with Crippen LogP contribution >= 0.6 is 23.2 Å². The molecule has 0 unspecified atom stereocenters. The Hall–Kier alpha value is -2.64. The summed E-state index contributed by atoms with van der Waals surface area (Å²) in [6, 6.07) is 8.44. The molecule has 0 saturated carbocycles. The summed E-state index contributed by atoms with van der Waals surface area (Å²) in [6.07, 6.45) is 1.38. The molecule has 1 amide bonds. The molecule has 0 aliphatic heterocycles. The first-order valence-electron chi connectivity index (χ1n) is 7.28. The lowest BCUT2D eigenvalue weighted by molar-refractivity contribution is -0.114. The van der Waals surface area contributed by atoms with Gasteiger partial charge in [0.2, 0.25) is 5.91 Å². The van der Waals surface area contributed by atoms with Crippen LogP contribution in [0.1, 0.15) is 0 Å². The van der Waals surface area contributed by atoms with Crippen molar-refractivity contribution in [3.05, 3.63) is 46.7 Å². The average Bonchev–Trinajstić information content (AvgIpc) is 2.57.